The van der Waals surface area contributed by atoms with Crippen molar-refractivity contribution in [2.24, 2.45) is 0 Å². The van der Waals surface area contributed by atoms with Gasteiger partial charge in [0.2, 0.25) is 0 Å². The van der Waals surface area contributed by atoms with Gasteiger partial charge in [-0.2, -0.15) is 9.61 Å². The topological polar surface area (TPSA) is 51.5 Å². The minimum absolute atomic E-state index is 0.290. The summed E-state index contributed by atoms with van der Waals surface area (Å²) in [5, 5.41) is 8.37. The number of hydrogen-bond acceptors (Lipinski definition) is 4. The summed E-state index contributed by atoms with van der Waals surface area (Å²) in [6.45, 7) is 5.85. The van der Waals surface area contributed by atoms with Crippen molar-refractivity contribution in [3.63, 3.8) is 0 Å². The number of benzene rings is 1. The predicted octanol–water partition coefficient (Wildman–Crippen LogP) is 3.86. The van der Waals surface area contributed by atoms with Gasteiger partial charge < -0.3 is 10.1 Å². The molecule has 0 unspecified atom stereocenters. The third kappa shape index (κ3) is 3.12. The molecule has 0 bridgehead atoms. The summed E-state index contributed by atoms with van der Waals surface area (Å²) in [6.07, 6.45) is 3.43. The number of rotatable bonds is 5. The van der Waals surface area contributed by atoms with Gasteiger partial charge in [-0.1, -0.05) is 37.3 Å². The zero-order valence-electron chi connectivity index (χ0n) is 14.8. The van der Waals surface area contributed by atoms with E-state index in [1.807, 2.05) is 17.5 Å². The Hall–Kier alpha value is -2.40. The molecule has 0 spiro atoms. The van der Waals surface area contributed by atoms with Crippen LogP contribution in [0.25, 0.3) is 16.8 Å². The highest BCUT2D eigenvalue weighted by Gasteiger charge is 2.19. The molecule has 1 aliphatic rings. The largest absolute Gasteiger partial charge is 0.376 e. The SMILES string of the molecule is CCc1nn2c(NC[C@H]3CCCO3)cc(C)nc2c1-c1ccccc1. The van der Waals surface area contributed by atoms with Crippen molar-refractivity contribution in [2.75, 3.05) is 18.5 Å². The fraction of sp³-hybridized carbons (Fsp3) is 0.400. The van der Waals surface area contributed by atoms with Gasteiger partial charge in [-0.05, 0) is 31.7 Å². The molecule has 1 saturated heterocycles. The van der Waals surface area contributed by atoms with Crippen LogP contribution in [0.15, 0.2) is 36.4 Å². The van der Waals surface area contributed by atoms with Crippen LogP contribution in [0, 0.1) is 6.92 Å². The van der Waals surface area contributed by atoms with Gasteiger partial charge in [0.15, 0.2) is 5.65 Å². The number of nitrogens with one attached hydrogen (secondary N) is 1. The molecule has 4 rings (SSSR count). The van der Waals surface area contributed by atoms with Crippen molar-refractivity contribution in [1.82, 2.24) is 14.6 Å². The van der Waals surface area contributed by atoms with Gasteiger partial charge in [0.05, 0.1) is 11.8 Å². The van der Waals surface area contributed by atoms with E-state index in [2.05, 4.69) is 42.6 Å². The summed E-state index contributed by atoms with van der Waals surface area (Å²) in [4.78, 5) is 4.79. The van der Waals surface area contributed by atoms with Gasteiger partial charge in [-0.25, -0.2) is 4.98 Å². The number of ether oxygens (including phenoxy) is 1. The standard InChI is InChI=1S/C20H24N4O/c1-3-17-19(15-8-5-4-6-9-15)20-22-14(2)12-18(24(20)23-17)21-13-16-10-7-11-25-16/h4-6,8-9,12,16,21H,3,7,10-11,13H2,1-2H3/t16-/m1/s1. The number of anilines is 1. The van der Waals surface area contributed by atoms with E-state index in [1.165, 1.54) is 0 Å². The van der Waals surface area contributed by atoms with Crippen molar-refractivity contribution in [2.45, 2.75) is 39.2 Å². The maximum absolute atomic E-state index is 5.73. The van der Waals surface area contributed by atoms with E-state index in [-0.39, 0.29) is 0 Å². The molecule has 1 aliphatic heterocycles. The third-order valence-corrected chi connectivity index (χ3v) is 4.72. The Labute approximate surface area is 148 Å². The smallest absolute Gasteiger partial charge is 0.165 e. The van der Waals surface area contributed by atoms with Gasteiger partial charge >= 0.3 is 0 Å². The predicted molar refractivity (Wildman–Crippen MR) is 100 cm³/mol. The molecular formula is C20H24N4O. The van der Waals surface area contributed by atoms with Crippen molar-refractivity contribution in [3.05, 3.63) is 47.8 Å². The molecule has 5 nitrogen and oxygen atoms in total. The van der Waals surface area contributed by atoms with Crippen LogP contribution in [0.2, 0.25) is 0 Å². The lowest BCUT2D eigenvalue weighted by Crippen LogP contribution is -2.20. The molecule has 3 heterocycles. The highest BCUT2D eigenvalue weighted by atomic mass is 16.5. The van der Waals surface area contributed by atoms with Crippen LogP contribution >= 0.6 is 0 Å². The van der Waals surface area contributed by atoms with Crippen LogP contribution in [-0.2, 0) is 11.2 Å². The second kappa shape index (κ2) is 6.84. The quantitative estimate of drug-likeness (QED) is 0.769. The molecule has 130 valence electrons. The molecule has 3 aromatic rings. The van der Waals surface area contributed by atoms with Crippen LogP contribution in [0.5, 0.6) is 0 Å². The monoisotopic (exact) mass is 336 g/mol. The van der Waals surface area contributed by atoms with Gasteiger partial charge in [-0.3, -0.25) is 0 Å². The summed E-state index contributed by atoms with van der Waals surface area (Å²) < 4.78 is 7.68. The van der Waals surface area contributed by atoms with E-state index in [4.69, 9.17) is 14.8 Å². The number of hydrogen-bond donors (Lipinski definition) is 1. The fourth-order valence-corrected chi connectivity index (χ4v) is 3.48. The van der Waals surface area contributed by atoms with Gasteiger partial charge in [-0.15, -0.1) is 0 Å². The molecule has 0 amide bonds. The van der Waals surface area contributed by atoms with E-state index in [9.17, 15) is 0 Å². The number of nitrogens with zero attached hydrogens (tertiary/aromatic N) is 3. The van der Waals surface area contributed by atoms with Crippen molar-refractivity contribution in [3.8, 4) is 11.1 Å². The van der Waals surface area contributed by atoms with Crippen LogP contribution in [0.4, 0.5) is 5.82 Å². The lowest BCUT2D eigenvalue weighted by Gasteiger charge is -2.13. The van der Waals surface area contributed by atoms with Gasteiger partial charge in [0, 0.05) is 30.5 Å². The minimum atomic E-state index is 0.290. The molecule has 1 atom stereocenters. The average molecular weight is 336 g/mol. The molecule has 5 heteroatoms. The second-order valence-electron chi connectivity index (χ2n) is 6.58. The molecule has 0 aliphatic carbocycles. The Morgan fingerprint density at radius 1 is 1.28 bits per heavy atom. The molecular weight excluding hydrogens is 312 g/mol. The average Bonchev–Trinajstić information content (AvgIpc) is 3.27. The van der Waals surface area contributed by atoms with E-state index in [0.717, 1.165) is 66.4 Å². The van der Waals surface area contributed by atoms with Crippen LogP contribution in [0.3, 0.4) is 0 Å². The highest BCUT2D eigenvalue weighted by molar-refractivity contribution is 5.81. The lowest BCUT2D eigenvalue weighted by molar-refractivity contribution is 0.120. The first-order chi connectivity index (χ1) is 12.3. The second-order valence-corrected chi connectivity index (χ2v) is 6.58. The summed E-state index contributed by atoms with van der Waals surface area (Å²) in [6, 6.07) is 12.5. The summed E-state index contributed by atoms with van der Waals surface area (Å²) >= 11 is 0. The zero-order valence-corrected chi connectivity index (χ0v) is 14.8. The van der Waals surface area contributed by atoms with Gasteiger partial charge in [0.25, 0.3) is 0 Å². The van der Waals surface area contributed by atoms with E-state index in [0.29, 0.717) is 6.10 Å². The Morgan fingerprint density at radius 2 is 2.12 bits per heavy atom. The van der Waals surface area contributed by atoms with Crippen LogP contribution < -0.4 is 5.32 Å². The Morgan fingerprint density at radius 3 is 2.84 bits per heavy atom. The van der Waals surface area contributed by atoms with E-state index in [1.54, 1.807) is 0 Å². The fourth-order valence-electron chi connectivity index (χ4n) is 3.48. The van der Waals surface area contributed by atoms with Crippen molar-refractivity contribution in [1.29, 1.82) is 0 Å². The van der Waals surface area contributed by atoms with Gasteiger partial charge in [0.1, 0.15) is 5.82 Å². The third-order valence-electron chi connectivity index (χ3n) is 4.72. The first-order valence-electron chi connectivity index (χ1n) is 9.06. The zero-order chi connectivity index (χ0) is 17.2. The lowest BCUT2D eigenvalue weighted by atomic mass is 10.0. The first kappa shape index (κ1) is 16.1. The minimum Gasteiger partial charge on any atom is -0.376 e. The molecule has 0 saturated carbocycles. The van der Waals surface area contributed by atoms with E-state index < -0.39 is 0 Å². The first-order valence-corrected chi connectivity index (χ1v) is 9.06. The van der Waals surface area contributed by atoms with Crippen LogP contribution in [0.1, 0.15) is 31.2 Å². The van der Waals surface area contributed by atoms with Crippen LogP contribution in [-0.4, -0.2) is 33.9 Å². The highest BCUT2D eigenvalue weighted by Crippen LogP contribution is 2.30. The Balaban J connectivity index is 1.78. The Kier molecular flexibility index (Phi) is 4.40. The summed E-state index contributed by atoms with van der Waals surface area (Å²) in [5.74, 6) is 0.981. The van der Waals surface area contributed by atoms with Crippen molar-refractivity contribution < 1.29 is 4.74 Å². The molecule has 25 heavy (non-hydrogen) atoms. The Bertz CT molecular complexity index is 866. The van der Waals surface area contributed by atoms with E-state index >= 15 is 0 Å². The normalized spacial score (nSPS) is 17.3. The summed E-state index contributed by atoms with van der Waals surface area (Å²) in [5.41, 5.74) is 5.27. The molecule has 0 radical (unpaired) electrons. The summed E-state index contributed by atoms with van der Waals surface area (Å²) in [7, 11) is 0. The molecule has 1 aromatic carbocycles. The maximum Gasteiger partial charge on any atom is 0.165 e. The molecule has 2 aromatic heterocycles. The number of aryl methyl sites for hydroxylation is 2. The number of aromatic nitrogens is 3. The molecule has 1 fully saturated rings. The van der Waals surface area contributed by atoms with Crippen molar-refractivity contribution >= 4 is 11.5 Å². The maximum atomic E-state index is 5.73. The number of fused-ring (bicyclic) bond motifs is 1. The molecule has 1 N–H and O–H groups in total.